The summed E-state index contributed by atoms with van der Waals surface area (Å²) in [6.07, 6.45) is 7.05. The Morgan fingerprint density at radius 2 is 1.94 bits per heavy atom. The molecule has 3 N–H and O–H groups in total. The van der Waals surface area contributed by atoms with Gasteiger partial charge in [0, 0.05) is 4.47 Å². The molecule has 96 valence electrons. The molecular weight excluding hydrogens is 370 g/mol. The topological polar surface area (TPSA) is 67.8 Å². The van der Waals surface area contributed by atoms with Crippen molar-refractivity contribution in [3.8, 4) is 0 Å². The van der Waals surface area contributed by atoms with Crippen molar-refractivity contribution in [2.24, 2.45) is 0 Å². The second kappa shape index (κ2) is 7.51. The largest absolute Gasteiger partial charge is 0.544 e. The highest BCUT2D eigenvalue weighted by Gasteiger charge is 2.09. The zero-order valence-electron chi connectivity index (χ0n) is 9.38. The Bertz CT molecular complexity index is 356. The molecule has 1 aliphatic rings. The predicted molar refractivity (Wildman–Crippen MR) is 73.8 cm³/mol. The van der Waals surface area contributed by atoms with Crippen molar-refractivity contribution >= 4 is 49.2 Å². The highest BCUT2D eigenvalue weighted by molar-refractivity contribution is 9.13. The molecule has 1 aromatic rings. The number of carbonyl (C=O) groups excluding carboxylic acids is 1. The van der Waals surface area contributed by atoms with Crippen molar-refractivity contribution in [2.75, 3.05) is 0 Å². The zero-order valence-corrected chi connectivity index (χ0v) is 13.4. The van der Waals surface area contributed by atoms with Crippen LogP contribution < -0.4 is 10.8 Å². The van der Waals surface area contributed by atoms with Crippen molar-refractivity contribution < 1.29 is 15.6 Å². The number of rotatable bonds is 1. The van der Waals surface area contributed by atoms with E-state index in [9.17, 15) is 9.90 Å². The Morgan fingerprint density at radius 3 is 2.18 bits per heavy atom. The number of hydrogen-bond acceptors (Lipinski definition) is 3. The van der Waals surface area contributed by atoms with Gasteiger partial charge in [-0.1, -0.05) is 6.42 Å². The van der Waals surface area contributed by atoms with Crippen LogP contribution in [0.15, 0.2) is 14.3 Å². The van der Waals surface area contributed by atoms with E-state index in [1.54, 1.807) is 0 Å². The first-order valence-corrected chi connectivity index (χ1v) is 7.90. The first-order chi connectivity index (χ1) is 8.00. The van der Waals surface area contributed by atoms with Crippen LogP contribution in [-0.4, -0.2) is 12.0 Å². The molecule has 0 amide bonds. The first kappa shape index (κ1) is 15.1. The van der Waals surface area contributed by atoms with E-state index in [0.717, 1.165) is 25.6 Å². The lowest BCUT2D eigenvalue weighted by Gasteiger charge is -2.12. The van der Waals surface area contributed by atoms with Crippen LogP contribution >= 0.6 is 43.2 Å². The third-order valence-corrected chi connectivity index (χ3v) is 5.81. The third-order valence-electron chi connectivity index (χ3n) is 2.57. The second-order valence-electron chi connectivity index (χ2n) is 4.02. The SMILES string of the molecule is O=C([O-])c1cc(Br)c(Br)s1.[NH3+]C1CCCCC1. The maximum Gasteiger partial charge on any atom is 0.0847 e. The molecule has 1 heterocycles. The molecule has 0 bridgehead atoms. The molecule has 0 aliphatic heterocycles. The summed E-state index contributed by atoms with van der Waals surface area (Å²) < 4.78 is 1.52. The summed E-state index contributed by atoms with van der Waals surface area (Å²) >= 11 is 7.45. The number of carboxylic acid groups (broad SMARTS) is 1. The molecule has 0 saturated heterocycles. The normalized spacial score (nSPS) is 16.2. The van der Waals surface area contributed by atoms with Gasteiger partial charge >= 0.3 is 0 Å². The van der Waals surface area contributed by atoms with Crippen LogP contribution in [-0.2, 0) is 0 Å². The summed E-state index contributed by atoms with van der Waals surface area (Å²) in [6.45, 7) is 0. The molecular formula is C11H15Br2NO2S. The summed E-state index contributed by atoms with van der Waals surface area (Å²) in [7, 11) is 0. The fourth-order valence-electron chi connectivity index (χ4n) is 1.63. The fraction of sp³-hybridized carbons (Fsp3) is 0.545. The Kier molecular flexibility index (Phi) is 6.69. The zero-order chi connectivity index (χ0) is 12.8. The van der Waals surface area contributed by atoms with Gasteiger partial charge in [0.1, 0.15) is 0 Å². The highest BCUT2D eigenvalue weighted by Crippen LogP contribution is 2.31. The summed E-state index contributed by atoms with van der Waals surface area (Å²) in [5.41, 5.74) is 4.00. The molecule has 2 rings (SSSR count). The number of thiophene rings is 1. The maximum absolute atomic E-state index is 10.2. The monoisotopic (exact) mass is 383 g/mol. The average molecular weight is 385 g/mol. The maximum atomic E-state index is 10.2. The molecule has 17 heavy (non-hydrogen) atoms. The molecule has 6 heteroatoms. The van der Waals surface area contributed by atoms with Crippen molar-refractivity contribution in [1.82, 2.24) is 0 Å². The van der Waals surface area contributed by atoms with Gasteiger partial charge in [0.2, 0.25) is 0 Å². The van der Waals surface area contributed by atoms with Gasteiger partial charge in [0.05, 0.1) is 20.7 Å². The van der Waals surface area contributed by atoms with E-state index >= 15 is 0 Å². The number of hydrogen-bond donors (Lipinski definition) is 1. The number of quaternary nitrogens is 1. The van der Waals surface area contributed by atoms with E-state index in [1.165, 1.54) is 38.2 Å². The van der Waals surface area contributed by atoms with Gasteiger partial charge in [-0.15, -0.1) is 11.3 Å². The van der Waals surface area contributed by atoms with Crippen LogP contribution in [0.25, 0.3) is 0 Å². The van der Waals surface area contributed by atoms with Gasteiger partial charge in [-0.2, -0.15) is 0 Å². The van der Waals surface area contributed by atoms with E-state index in [4.69, 9.17) is 0 Å². The molecule has 1 aliphatic carbocycles. The van der Waals surface area contributed by atoms with Crippen molar-refractivity contribution in [3.63, 3.8) is 0 Å². The fourth-order valence-corrected chi connectivity index (χ4v) is 3.50. The molecule has 0 atom stereocenters. The molecule has 0 radical (unpaired) electrons. The van der Waals surface area contributed by atoms with E-state index in [1.807, 2.05) is 0 Å². The summed E-state index contributed by atoms with van der Waals surface area (Å²) in [5.74, 6) is -1.14. The predicted octanol–water partition coefficient (Wildman–Crippen LogP) is 2.20. The van der Waals surface area contributed by atoms with E-state index in [0.29, 0.717) is 0 Å². The molecule has 0 spiro atoms. The number of carboxylic acids is 1. The number of carbonyl (C=O) groups is 1. The van der Waals surface area contributed by atoms with Gasteiger partial charge < -0.3 is 15.6 Å². The van der Waals surface area contributed by atoms with Crippen LogP contribution in [0.1, 0.15) is 41.8 Å². The standard InChI is InChI=1S/C6H13N.C5H2Br2O2S/c7-6-4-2-1-3-5-6;6-2-1-3(5(8)9)10-4(2)7/h6H,1-5,7H2;1H,(H,8,9). The first-order valence-electron chi connectivity index (χ1n) is 5.50. The molecule has 0 unspecified atom stereocenters. The molecule has 1 aromatic heterocycles. The highest BCUT2D eigenvalue weighted by atomic mass is 79.9. The number of halogens is 2. The smallest absolute Gasteiger partial charge is 0.0847 e. The van der Waals surface area contributed by atoms with Gasteiger partial charge in [-0.25, -0.2) is 0 Å². The van der Waals surface area contributed by atoms with Gasteiger partial charge in [-0.05, 0) is 63.6 Å². The third kappa shape index (κ3) is 5.50. The van der Waals surface area contributed by atoms with E-state index in [-0.39, 0.29) is 4.88 Å². The Hall–Kier alpha value is 0.0900. The Labute approximate surface area is 122 Å². The van der Waals surface area contributed by atoms with Crippen LogP contribution in [0, 0.1) is 0 Å². The molecule has 1 saturated carbocycles. The minimum absolute atomic E-state index is 0.221. The summed E-state index contributed by atoms with van der Waals surface area (Å²) in [6, 6.07) is 2.29. The summed E-state index contributed by atoms with van der Waals surface area (Å²) in [4.78, 5) is 10.4. The lowest BCUT2D eigenvalue weighted by Crippen LogP contribution is -2.61. The quantitative estimate of drug-likeness (QED) is 0.806. The average Bonchev–Trinajstić information content (AvgIpc) is 2.61. The van der Waals surface area contributed by atoms with Gasteiger partial charge in [0.15, 0.2) is 0 Å². The van der Waals surface area contributed by atoms with Crippen LogP contribution in [0.4, 0.5) is 0 Å². The molecule has 0 aromatic carbocycles. The lowest BCUT2D eigenvalue weighted by atomic mass is 9.97. The van der Waals surface area contributed by atoms with E-state index < -0.39 is 5.97 Å². The van der Waals surface area contributed by atoms with Crippen molar-refractivity contribution in [3.05, 3.63) is 19.2 Å². The molecule has 1 fully saturated rings. The second-order valence-corrected chi connectivity index (χ2v) is 7.25. The molecule has 3 nitrogen and oxygen atoms in total. The van der Waals surface area contributed by atoms with Crippen molar-refractivity contribution in [2.45, 2.75) is 38.1 Å². The van der Waals surface area contributed by atoms with E-state index in [2.05, 4.69) is 37.6 Å². The minimum atomic E-state index is -1.14. The number of aromatic carboxylic acids is 1. The van der Waals surface area contributed by atoms with Crippen molar-refractivity contribution in [1.29, 1.82) is 0 Å². The van der Waals surface area contributed by atoms with Crippen LogP contribution in [0.2, 0.25) is 0 Å². The summed E-state index contributed by atoms with van der Waals surface area (Å²) in [5, 5.41) is 10.2. The Morgan fingerprint density at radius 1 is 1.35 bits per heavy atom. The Balaban J connectivity index is 0.000000181. The van der Waals surface area contributed by atoms with Gasteiger partial charge in [0.25, 0.3) is 0 Å². The van der Waals surface area contributed by atoms with Gasteiger partial charge in [-0.3, -0.25) is 0 Å². The van der Waals surface area contributed by atoms with Crippen LogP contribution in [0.5, 0.6) is 0 Å². The lowest BCUT2D eigenvalue weighted by molar-refractivity contribution is -0.425. The minimum Gasteiger partial charge on any atom is -0.544 e. The van der Waals surface area contributed by atoms with Crippen LogP contribution in [0.3, 0.4) is 0 Å².